The number of carbonyl (C=O) groups is 1. The Morgan fingerprint density at radius 2 is 2.12 bits per heavy atom. The third-order valence-electron chi connectivity index (χ3n) is 4.18. The molecule has 2 N–H and O–H groups in total. The molecule has 9 nitrogen and oxygen atoms in total. The second-order valence-electron chi connectivity index (χ2n) is 6.14. The Kier molecular flexibility index (Phi) is 3.96. The van der Waals surface area contributed by atoms with Crippen LogP contribution < -0.4 is 10.6 Å². The van der Waals surface area contributed by atoms with Gasteiger partial charge in [0, 0.05) is 23.9 Å². The van der Waals surface area contributed by atoms with Crippen molar-refractivity contribution in [2.45, 2.75) is 25.4 Å². The first kappa shape index (κ1) is 16.0. The van der Waals surface area contributed by atoms with Crippen LogP contribution >= 0.6 is 0 Å². The lowest BCUT2D eigenvalue weighted by atomic mass is 10.1. The summed E-state index contributed by atoms with van der Waals surface area (Å²) in [7, 11) is 0. The molecule has 1 aromatic carbocycles. The molecule has 0 bridgehead atoms. The quantitative estimate of drug-likeness (QED) is 0.519. The highest BCUT2D eigenvalue weighted by molar-refractivity contribution is 5.95. The van der Waals surface area contributed by atoms with E-state index in [0.29, 0.717) is 17.2 Å². The number of nitro groups is 1. The largest absolute Gasteiger partial charge is 0.377 e. The van der Waals surface area contributed by atoms with Crippen molar-refractivity contribution in [3.05, 3.63) is 64.1 Å². The van der Waals surface area contributed by atoms with E-state index in [0.717, 1.165) is 12.8 Å². The molecule has 0 unspecified atom stereocenters. The molecular formula is C17H16N6O3. The monoisotopic (exact) mass is 352 g/mol. The zero-order valence-corrected chi connectivity index (χ0v) is 13.8. The highest BCUT2D eigenvalue weighted by Crippen LogP contribution is 2.31. The molecule has 3 aromatic rings. The number of rotatable bonds is 6. The standard InChI is InChI=1S/C17H16N6O3/c24-17(18-10-16-21-20-15-3-1-2-8-22(15)16)11-4-7-13(19-12-5-6-12)14(9-11)23(25)26/h1-4,7-9,12,19H,5-6,10H2,(H,18,24). The van der Waals surface area contributed by atoms with Crippen molar-refractivity contribution in [1.29, 1.82) is 0 Å². The van der Waals surface area contributed by atoms with E-state index in [1.807, 2.05) is 18.2 Å². The predicted octanol–water partition coefficient (Wildman–Crippen LogP) is 2.14. The Hall–Kier alpha value is -3.49. The van der Waals surface area contributed by atoms with Gasteiger partial charge in [-0.25, -0.2) is 0 Å². The Balaban J connectivity index is 1.50. The second kappa shape index (κ2) is 6.43. The second-order valence-corrected chi connectivity index (χ2v) is 6.14. The van der Waals surface area contributed by atoms with Crippen molar-refractivity contribution in [2.24, 2.45) is 0 Å². The molecule has 0 spiro atoms. The highest BCUT2D eigenvalue weighted by atomic mass is 16.6. The minimum absolute atomic E-state index is 0.0996. The third kappa shape index (κ3) is 3.18. The number of anilines is 1. The van der Waals surface area contributed by atoms with Crippen LogP contribution in [-0.4, -0.2) is 31.5 Å². The normalized spacial score (nSPS) is 13.5. The molecule has 26 heavy (non-hydrogen) atoms. The van der Waals surface area contributed by atoms with Gasteiger partial charge in [0.25, 0.3) is 11.6 Å². The van der Waals surface area contributed by atoms with Crippen molar-refractivity contribution in [1.82, 2.24) is 19.9 Å². The van der Waals surface area contributed by atoms with E-state index >= 15 is 0 Å². The van der Waals surface area contributed by atoms with E-state index in [4.69, 9.17) is 0 Å². The summed E-state index contributed by atoms with van der Waals surface area (Å²) >= 11 is 0. The fraction of sp³-hybridized carbons (Fsp3) is 0.235. The van der Waals surface area contributed by atoms with Crippen molar-refractivity contribution >= 4 is 22.9 Å². The molecule has 2 aromatic heterocycles. The van der Waals surface area contributed by atoms with Gasteiger partial charge in [-0.3, -0.25) is 19.3 Å². The molecule has 1 saturated carbocycles. The summed E-state index contributed by atoms with van der Waals surface area (Å²) in [4.78, 5) is 23.2. The lowest BCUT2D eigenvalue weighted by molar-refractivity contribution is -0.384. The number of amides is 1. The summed E-state index contributed by atoms with van der Waals surface area (Å²) in [6, 6.07) is 10.2. The van der Waals surface area contributed by atoms with Gasteiger partial charge in [-0.2, -0.15) is 0 Å². The van der Waals surface area contributed by atoms with Crippen LogP contribution in [0.2, 0.25) is 0 Å². The topological polar surface area (TPSA) is 114 Å². The molecule has 1 amide bonds. The predicted molar refractivity (Wildman–Crippen MR) is 93.9 cm³/mol. The van der Waals surface area contributed by atoms with Gasteiger partial charge in [-0.15, -0.1) is 10.2 Å². The lowest BCUT2D eigenvalue weighted by Gasteiger charge is -2.08. The Labute approximate surface area is 148 Å². The maximum Gasteiger partial charge on any atom is 0.293 e. The molecule has 1 aliphatic carbocycles. The van der Waals surface area contributed by atoms with Crippen LogP contribution in [0, 0.1) is 10.1 Å². The van der Waals surface area contributed by atoms with Crippen LogP contribution in [0.25, 0.3) is 5.65 Å². The van der Waals surface area contributed by atoms with Gasteiger partial charge in [0.15, 0.2) is 11.5 Å². The molecular weight excluding hydrogens is 336 g/mol. The number of aromatic nitrogens is 3. The Bertz CT molecular complexity index is 995. The zero-order chi connectivity index (χ0) is 18.1. The molecule has 0 saturated heterocycles. The van der Waals surface area contributed by atoms with Gasteiger partial charge in [-0.05, 0) is 37.1 Å². The van der Waals surface area contributed by atoms with Crippen molar-refractivity contribution in [2.75, 3.05) is 5.32 Å². The van der Waals surface area contributed by atoms with Gasteiger partial charge < -0.3 is 10.6 Å². The fourth-order valence-corrected chi connectivity index (χ4v) is 2.67. The van der Waals surface area contributed by atoms with Crippen LogP contribution in [0.1, 0.15) is 29.0 Å². The van der Waals surface area contributed by atoms with Crippen LogP contribution in [0.5, 0.6) is 0 Å². The van der Waals surface area contributed by atoms with Gasteiger partial charge in [-0.1, -0.05) is 6.07 Å². The number of hydrogen-bond donors (Lipinski definition) is 2. The van der Waals surface area contributed by atoms with Crippen LogP contribution in [-0.2, 0) is 6.54 Å². The number of carbonyl (C=O) groups excluding carboxylic acids is 1. The van der Waals surface area contributed by atoms with E-state index in [1.54, 1.807) is 22.7 Å². The van der Waals surface area contributed by atoms with Gasteiger partial charge >= 0.3 is 0 Å². The van der Waals surface area contributed by atoms with E-state index in [2.05, 4.69) is 20.8 Å². The molecule has 2 heterocycles. The molecule has 1 fully saturated rings. The fourth-order valence-electron chi connectivity index (χ4n) is 2.67. The first-order valence-corrected chi connectivity index (χ1v) is 8.23. The summed E-state index contributed by atoms with van der Waals surface area (Å²) in [5, 5.41) is 25.2. The summed E-state index contributed by atoms with van der Waals surface area (Å²) in [5.74, 6) is 0.175. The maximum atomic E-state index is 12.4. The smallest absolute Gasteiger partial charge is 0.293 e. The highest BCUT2D eigenvalue weighted by Gasteiger charge is 2.25. The van der Waals surface area contributed by atoms with E-state index in [-0.39, 0.29) is 23.8 Å². The SMILES string of the molecule is O=C(NCc1nnc2ccccn12)c1ccc(NC2CC2)c([N+](=O)[O-])c1. The van der Waals surface area contributed by atoms with Crippen LogP contribution in [0.15, 0.2) is 42.6 Å². The first-order chi connectivity index (χ1) is 12.6. The van der Waals surface area contributed by atoms with E-state index < -0.39 is 10.8 Å². The van der Waals surface area contributed by atoms with Crippen LogP contribution in [0.4, 0.5) is 11.4 Å². The minimum atomic E-state index is -0.479. The van der Waals surface area contributed by atoms with Gasteiger partial charge in [0.2, 0.25) is 0 Å². The van der Waals surface area contributed by atoms with Crippen molar-refractivity contribution < 1.29 is 9.72 Å². The lowest BCUT2D eigenvalue weighted by Crippen LogP contribution is -2.24. The molecule has 0 aliphatic heterocycles. The van der Waals surface area contributed by atoms with Crippen LogP contribution in [0.3, 0.4) is 0 Å². The third-order valence-corrected chi connectivity index (χ3v) is 4.18. The number of nitrogens with one attached hydrogen (secondary N) is 2. The summed E-state index contributed by atoms with van der Waals surface area (Å²) < 4.78 is 1.77. The summed E-state index contributed by atoms with van der Waals surface area (Å²) in [5.41, 5.74) is 1.25. The van der Waals surface area contributed by atoms with E-state index in [1.165, 1.54) is 6.07 Å². The molecule has 9 heteroatoms. The average molecular weight is 352 g/mol. The average Bonchev–Trinajstić information content (AvgIpc) is 3.37. The minimum Gasteiger partial charge on any atom is -0.377 e. The number of pyridine rings is 1. The number of hydrogen-bond acceptors (Lipinski definition) is 6. The molecule has 0 radical (unpaired) electrons. The van der Waals surface area contributed by atoms with Gasteiger partial charge in [0.1, 0.15) is 5.69 Å². The molecule has 0 atom stereocenters. The first-order valence-electron chi connectivity index (χ1n) is 8.23. The summed E-state index contributed by atoms with van der Waals surface area (Å²) in [6.45, 7) is 0.167. The molecule has 4 rings (SSSR count). The number of fused-ring (bicyclic) bond motifs is 1. The van der Waals surface area contributed by atoms with Crippen molar-refractivity contribution in [3.8, 4) is 0 Å². The Morgan fingerprint density at radius 3 is 2.88 bits per heavy atom. The zero-order valence-electron chi connectivity index (χ0n) is 13.8. The summed E-state index contributed by atoms with van der Waals surface area (Å²) in [6.07, 6.45) is 3.82. The number of nitrogens with zero attached hydrogens (tertiary/aromatic N) is 4. The maximum absolute atomic E-state index is 12.4. The van der Waals surface area contributed by atoms with Crippen molar-refractivity contribution in [3.63, 3.8) is 0 Å². The number of nitro benzene ring substituents is 1. The number of benzene rings is 1. The van der Waals surface area contributed by atoms with E-state index in [9.17, 15) is 14.9 Å². The van der Waals surface area contributed by atoms with Gasteiger partial charge in [0.05, 0.1) is 11.5 Å². The molecule has 1 aliphatic rings. The Morgan fingerprint density at radius 1 is 1.27 bits per heavy atom. The molecule has 132 valence electrons.